The normalized spacial score (nSPS) is 10.8. The van der Waals surface area contributed by atoms with Crippen molar-refractivity contribution in [3.8, 4) is 11.6 Å². The van der Waals surface area contributed by atoms with Gasteiger partial charge in [-0.1, -0.05) is 15.9 Å². The molecule has 6 heteroatoms. The zero-order valence-corrected chi connectivity index (χ0v) is 11.8. The maximum absolute atomic E-state index is 5.96. The van der Waals surface area contributed by atoms with E-state index < -0.39 is 0 Å². The standard InChI is InChI=1S/C13H11BrN4O/c1-8-6-9(14)7-10(15)13(8)19-12-3-5-18-11(17-12)2-4-16-18/h2-7H,15H2,1H3. The summed E-state index contributed by atoms with van der Waals surface area (Å²) in [5, 5.41) is 4.08. The highest BCUT2D eigenvalue weighted by molar-refractivity contribution is 9.10. The number of rotatable bonds is 2. The second-order valence-corrected chi connectivity index (χ2v) is 5.06. The average Bonchev–Trinajstić information content (AvgIpc) is 2.81. The highest BCUT2D eigenvalue weighted by Gasteiger charge is 2.09. The van der Waals surface area contributed by atoms with Crippen LogP contribution < -0.4 is 10.5 Å². The molecule has 0 saturated heterocycles. The van der Waals surface area contributed by atoms with Gasteiger partial charge in [-0.15, -0.1) is 0 Å². The predicted octanol–water partition coefficient (Wildman–Crippen LogP) is 3.17. The van der Waals surface area contributed by atoms with Gasteiger partial charge in [0, 0.05) is 22.8 Å². The zero-order valence-electron chi connectivity index (χ0n) is 10.2. The van der Waals surface area contributed by atoms with Gasteiger partial charge in [0.05, 0.1) is 11.9 Å². The van der Waals surface area contributed by atoms with Gasteiger partial charge >= 0.3 is 0 Å². The van der Waals surface area contributed by atoms with Crippen LogP contribution in [0, 0.1) is 6.92 Å². The van der Waals surface area contributed by atoms with Gasteiger partial charge in [0.15, 0.2) is 11.4 Å². The molecule has 3 rings (SSSR count). The van der Waals surface area contributed by atoms with Gasteiger partial charge in [-0.25, -0.2) is 4.52 Å². The lowest BCUT2D eigenvalue weighted by molar-refractivity contribution is 0.461. The van der Waals surface area contributed by atoms with Gasteiger partial charge in [0.2, 0.25) is 5.88 Å². The molecule has 5 nitrogen and oxygen atoms in total. The van der Waals surface area contributed by atoms with E-state index >= 15 is 0 Å². The van der Waals surface area contributed by atoms with Crippen molar-refractivity contribution in [1.29, 1.82) is 0 Å². The summed E-state index contributed by atoms with van der Waals surface area (Å²) in [7, 11) is 0. The van der Waals surface area contributed by atoms with Crippen molar-refractivity contribution in [2.75, 3.05) is 5.73 Å². The molecule has 0 bridgehead atoms. The van der Waals surface area contributed by atoms with Crippen LogP contribution in [0.2, 0.25) is 0 Å². The van der Waals surface area contributed by atoms with Gasteiger partial charge < -0.3 is 10.5 Å². The van der Waals surface area contributed by atoms with Crippen molar-refractivity contribution in [3.05, 3.63) is 46.7 Å². The molecule has 0 atom stereocenters. The number of aryl methyl sites for hydroxylation is 1. The van der Waals surface area contributed by atoms with Gasteiger partial charge in [-0.3, -0.25) is 0 Å². The molecule has 0 fully saturated rings. The molecule has 96 valence electrons. The molecule has 19 heavy (non-hydrogen) atoms. The SMILES string of the molecule is Cc1cc(Br)cc(N)c1Oc1ccn2nccc2n1. The molecule has 3 aromatic rings. The maximum Gasteiger partial charge on any atom is 0.222 e. The van der Waals surface area contributed by atoms with E-state index in [1.165, 1.54) is 0 Å². The van der Waals surface area contributed by atoms with Crippen molar-refractivity contribution in [2.24, 2.45) is 0 Å². The Bertz CT molecular complexity index is 730. The van der Waals surface area contributed by atoms with Crippen LogP contribution in [0.4, 0.5) is 5.69 Å². The van der Waals surface area contributed by atoms with Gasteiger partial charge in [-0.05, 0) is 24.6 Å². The van der Waals surface area contributed by atoms with E-state index in [1.807, 2.05) is 19.1 Å². The quantitative estimate of drug-likeness (QED) is 0.737. The maximum atomic E-state index is 5.96. The van der Waals surface area contributed by atoms with Crippen molar-refractivity contribution in [1.82, 2.24) is 14.6 Å². The van der Waals surface area contributed by atoms with Crippen molar-refractivity contribution in [3.63, 3.8) is 0 Å². The molecule has 0 amide bonds. The Hall–Kier alpha value is -2.08. The molecular formula is C13H11BrN4O. The fourth-order valence-corrected chi connectivity index (χ4v) is 2.44. The summed E-state index contributed by atoms with van der Waals surface area (Å²) in [4.78, 5) is 4.35. The second-order valence-electron chi connectivity index (χ2n) is 4.14. The van der Waals surface area contributed by atoms with Crippen LogP contribution in [0.25, 0.3) is 5.65 Å². The van der Waals surface area contributed by atoms with Gasteiger partial charge in [0.1, 0.15) is 0 Å². The van der Waals surface area contributed by atoms with Crippen LogP contribution >= 0.6 is 15.9 Å². The number of nitrogens with two attached hydrogens (primary N) is 1. The molecule has 0 aliphatic carbocycles. The number of ether oxygens (including phenoxy) is 1. The van der Waals surface area contributed by atoms with E-state index in [2.05, 4.69) is 26.0 Å². The second kappa shape index (κ2) is 4.55. The molecule has 0 spiro atoms. The number of anilines is 1. The first-order chi connectivity index (χ1) is 9.13. The third kappa shape index (κ3) is 2.26. The van der Waals surface area contributed by atoms with E-state index in [0.29, 0.717) is 17.3 Å². The molecule has 0 unspecified atom stereocenters. The average molecular weight is 319 g/mol. The number of nitrogen functional groups attached to an aromatic ring is 1. The fraction of sp³-hybridized carbons (Fsp3) is 0.0769. The molecule has 0 radical (unpaired) electrons. The number of hydrogen-bond acceptors (Lipinski definition) is 4. The van der Waals surface area contributed by atoms with E-state index in [-0.39, 0.29) is 0 Å². The topological polar surface area (TPSA) is 65.4 Å². The highest BCUT2D eigenvalue weighted by atomic mass is 79.9. The first-order valence-electron chi connectivity index (χ1n) is 5.67. The predicted molar refractivity (Wildman–Crippen MR) is 76.4 cm³/mol. The lowest BCUT2D eigenvalue weighted by Gasteiger charge is -2.11. The minimum atomic E-state index is 0.491. The summed E-state index contributed by atoms with van der Waals surface area (Å²) in [6, 6.07) is 7.31. The van der Waals surface area contributed by atoms with Crippen molar-refractivity contribution < 1.29 is 4.74 Å². The minimum Gasteiger partial charge on any atom is -0.436 e. The number of fused-ring (bicyclic) bond motifs is 1. The van der Waals surface area contributed by atoms with Crippen LogP contribution in [0.15, 0.2) is 41.1 Å². The lowest BCUT2D eigenvalue weighted by atomic mass is 10.2. The van der Waals surface area contributed by atoms with Crippen LogP contribution in [0.3, 0.4) is 0 Å². The van der Waals surface area contributed by atoms with E-state index in [1.54, 1.807) is 29.0 Å². The zero-order chi connectivity index (χ0) is 13.4. The molecule has 2 N–H and O–H groups in total. The third-order valence-corrected chi connectivity index (χ3v) is 3.17. The van der Waals surface area contributed by atoms with Crippen molar-refractivity contribution >= 4 is 27.3 Å². The molecule has 0 aliphatic heterocycles. The lowest BCUT2D eigenvalue weighted by Crippen LogP contribution is -1.98. The highest BCUT2D eigenvalue weighted by Crippen LogP contribution is 2.33. The van der Waals surface area contributed by atoms with E-state index in [4.69, 9.17) is 10.5 Å². The summed E-state index contributed by atoms with van der Waals surface area (Å²) in [5.41, 5.74) is 8.21. The Morgan fingerprint density at radius 2 is 2.16 bits per heavy atom. The van der Waals surface area contributed by atoms with Gasteiger partial charge in [0.25, 0.3) is 0 Å². The Balaban J connectivity index is 2.00. The monoisotopic (exact) mass is 318 g/mol. The van der Waals surface area contributed by atoms with Gasteiger partial charge in [-0.2, -0.15) is 10.1 Å². The van der Waals surface area contributed by atoms with Crippen LogP contribution in [-0.4, -0.2) is 14.6 Å². The molecule has 1 aromatic carbocycles. The Morgan fingerprint density at radius 3 is 2.95 bits per heavy atom. The number of benzene rings is 1. The molecule has 0 saturated carbocycles. The van der Waals surface area contributed by atoms with Crippen molar-refractivity contribution in [2.45, 2.75) is 6.92 Å². The third-order valence-electron chi connectivity index (χ3n) is 2.71. The smallest absolute Gasteiger partial charge is 0.222 e. The molecule has 2 aromatic heterocycles. The summed E-state index contributed by atoms with van der Waals surface area (Å²) in [5.74, 6) is 1.12. The minimum absolute atomic E-state index is 0.491. The Labute approximate surface area is 118 Å². The number of aromatic nitrogens is 3. The molecule has 0 aliphatic rings. The summed E-state index contributed by atoms with van der Waals surface area (Å²) in [6.07, 6.45) is 3.48. The Morgan fingerprint density at radius 1 is 1.32 bits per heavy atom. The van der Waals surface area contributed by atoms with E-state index in [9.17, 15) is 0 Å². The van der Waals surface area contributed by atoms with Crippen LogP contribution in [-0.2, 0) is 0 Å². The molecule has 2 heterocycles. The summed E-state index contributed by atoms with van der Waals surface area (Å²) < 4.78 is 8.37. The summed E-state index contributed by atoms with van der Waals surface area (Å²) >= 11 is 3.40. The fourth-order valence-electron chi connectivity index (χ4n) is 1.85. The summed E-state index contributed by atoms with van der Waals surface area (Å²) in [6.45, 7) is 1.94. The number of hydrogen-bond donors (Lipinski definition) is 1. The van der Waals surface area contributed by atoms with E-state index in [0.717, 1.165) is 15.7 Å². The van der Waals surface area contributed by atoms with Crippen LogP contribution in [0.1, 0.15) is 5.56 Å². The molecular weight excluding hydrogens is 308 g/mol. The first kappa shape index (κ1) is 12.0. The van der Waals surface area contributed by atoms with Crippen LogP contribution in [0.5, 0.6) is 11.6 Å². The Kier molecular flexibility index (Phi) is 2.87. The largest absolute Gasteiger partial charge is 0.436 e. The number of halogens is 1. The first-order valence-corrected chi connectivity index (χ1v) is 6.46. The number of nitrogens with zero attached hydrogens (tertiary/aromatic N) is 3.